The third kappa shape index (κ3) is 3.69. The number of pyridine rings is 1. The van der Waals surface area contributed by atoms with E-state index in [1.54, 1.807) is 12.5 Å². The number of fused-ring (bicyclic) bond motifs is 1. The van der Waals surface area contributed by atoms with Crippen LogP contribution in [0.4, 0.5) is 5.82 Å². The number of nitrogens with one attached hydrogen (secondary N) is 1. The lowest BCUT2D eigenvalue weighted by Crippen LogP contribution is -2.18. The van der Waals surface area contributed by atoms with Crippen LogP contribution in [0.3, 0.4) is 0 Å². The lowest BCUT2D eigenvalue weighted by molar-refractivity contribution is 0.513. The molecule has 7 nitrogen and oxygen atoms in total. The first-order valence-corrected chi connectivity index (χ1v) is 9.39. The van der Waals surface area contributed by atoms with E-state index in [-0.39, 0.29) is 0 Å². The highest BCUT2D eigenvalue weighted by Crippen LogP contribution is 2.27. The Morgan fingerprint density at radius 2 is 1.96 bits per heavy atom. The van der Waals surface area contributed by atoms with Gasteiger partial charge in [-0.2, -0.15) is 5.10 Å². The summed E-state index contributed by atoms with van der Waals surface area (Å²) in [6, 6.07) is 7.85. The summed E-state index contributed by atoms with van der Waals surface area (Å²) in [5, 5.41) is 7.84. The molecule has 4 aromatic rings. The van der Waals surface area contributed by atoms with Gasteiger partial charge in [-0.25, -0.2) is 19.5 Å². The Hall–Kier alpha value is -3.35. The topological polar surface area (TPSA) is 80.9 Å². The minimum atomic E-state index is 0.308. The van der Waals surface area contributed by atoms with Crippen LogP contribution in [-0.4, -0.2) is 36.1 Å². The quantitative estimate of drug-likeness (QED) is 0.554. The van der Waals surface area contributed by atoms with Gasteiger partial charge in [-0.1, -0.05) is 13.8 Å². The van der Waals surface area contributed by atoms with Gasteiger partial charge in [0.25, 0.3) is 0 Å². The smallest absolute Gasteiger partial charge is 0.158 e. The summed E-state index contributed by atoms with van der Waals surface area (Å²) in [7, 11) is 0. The maximum atomic E-state index is 4.47. The van der Waals surface area contributed by atoms with E-state index in [0.717, 1.165) is 40.5 Å². The Morgan fingerprint density at radius 1 is 1.07 bits per heavy atom. The van der Waals surface area contributed by atoms with E-state index in [2.05, 4.69) is 44.2 Å². The highest BCUT2D eigenvalue weighted by Gasteiger charge is 2.19. The van der Waals surface area contributed by atoms with Crippen LogP contribution < -0.4 is 5.32 Å². The summed E-state index contributed by atoms with van der Waals surface area (Å²) in [6.07, 6.45) is 9.06. The van der Waals surface area contributed by atoms with Crippen molar-refractivity contribution in [2.75, 3.05) is 11.9 Å². The second kappa shape index (κ2) is 7.72. The average Bonchev–Trinajstić information content (AvgIpc) is 3.16. The van der Waals surface area contributed by atoms with Crippen LogP contribution in [0.5, 0.6) is 0 Å². The van der Waals surface area contributed by atoms with E-state index >= 15 is 0 Å². The maximum Gasteiger partial charge on any atom is 0.158 e. The Kier molecular flexibility index (Phi) is 4.97. The summed E-state index contributed by atoms with van der Waals surface area (Å²) in [6.45, 7) is 7.18. The highest BCUT2D eigenvalue weighted by molar-refractivity contribution is 5.61. The van der Waals surface area contributed by atoms with E-state index in [0.29, 0.717) is 11.8 Å². The van der Waals surface area contributed by atoms with Crippen LogP contribution in [0, 0.1) is 12.8 Å². The molecule has 4 rings (SSSR count). The van der Waals surface area contributed by atoms with Crippen molar-refractivity contribution in [3.05, 3.63) is 66.6 Å². The second-order valence-corrected chi connectivity index (χ2v) is 7.11. The third-order valence-electron chi connectivity index (χ3n) is 5.13. The first kappa shape index (κ1) is 18.0. The molecule has 142 valence electrons. The van der Waals surface area contributed by atoms with Gasteiger partial charge in [-0.3, -0.25) is 4.98 Å². The molecule has 0 saturated carbocycles. The number of anilines is 1. The Labute approximate surface area is 163 Å². The number of nitrogens with zero attached hydrogens (tertiary/aromatic N) is 6. The summed E-state index contributed by atoms with van der Waals surface area (Å²) in [5.41, 5.74) is 4.90. The van der Waals surface area contributed by atoms with Gasteiger partial charge >= 0.3 is 0 Å². The molecule has 0 saturated heterocycles. The van der Waals surface area contributed by atoms with Gasteiger partial charge in [0.05, 0.1) is 11.9 Å². The SMILES string of the molecule is Cc1ccc(-c2cc(NC[C@@H](C)C(C)c3cnn4cccnc34)ncn2)cn1. The van der Waals surface area contributed by atoms with Crippen molar-refractivity contribution in [2.45, 2.75) is 26.7 Å². The van der Waals surface area contributed by atoms with Crippen LogP contribution in [0.25, 0.3) is 16.9 Å². The van der Waals surface area contributed by atoms with Crippen LogP contribution >= 0.6 is 0 Å². The standard InChI is InChI=1S/C21H23N7/c1-14(16(3)18-12-27-28-8-4-7-22-21(18)28)10-24-20-9-19(25-13-26-20)17-6-5-15(2)23-11-17/h4-9,11-14,16H,10H2,1-3H3,(H,24,25,26)/t14-,16?/m1/s1. The first-order chi connectivity index (χ1) is 13.6. The molecule has 7 heteroatoms. The predicted molar refractivity (Wildman–Crippen MR) is 109 cm³/mol. The largest absolute Gasteiger partial charge is 0.370 e. The Morgan fingerprint density at radius 3 is 2.79 bits per heavy atom. The molecular weight excluding hydrogens is 350 g/mol. The number of rotatable bonds is 6. The van der Waals surface area contributed by atoms with Crippen molar-refractivity contribution in [1.29, 1.82) is 0 Å². The van der Waals surface area contributed by atoms with Gasteiger partial charge in [0.2, 0.25) is 0 Å². The molecular formula is C21H23N7. The molecule has 4 heterocycles. The second-order valence-electron chi connectivity index (χ2n) is 7.11. The molecule has 1 unspecified atom stereocenters. The lowest BCUT2D eigenvalue weighted by Gasteiger charge is -2.20. The van der Waals surface area contributed by atoms with E-state index < -0.39 is 0 Å². The summed E-state index contributed by atoms with van der Waals surface area (Å²) in [5.74, 6) is 1.49. The van der Waals surface area contributed by atoms with E-state index in [1.807, 2.05) is 54.3 Å². The van der Waals surface area contributed by atoms with Gasteiger partial charge < -0.3 is 5.32 Å². The lowest BCUT2D eigenvalue weighted by atomic mass is 9.90. The minimum Gasteiger partial charge on any atom is -0.370 e. The number of hydrogen-bond donors (Lipinski definition) is 1. The molecule has 28 heavy (non-hydrogen) atoms. The van der Waals surface area contributed by atoms with Crippen molar-refractivity contribution >= 4 is 11.5 Å². The molecule has 0 aliphatic heterocycles. The van der Waals surface area contributed by atoms with Crippen LogP contribution in [0.1, 0.15) is 31.0 Å². The van der Waals surface area contributed by atoms with Gasteiger partial charge in [-0.05, 0) is 37.0 Å². The Bertz CT molecular complexity index is 1070. The third-order valence-corrected chi connectivity index (χ3v) is 5.13. The molecule has 1 N–H and O–H groups in total. The van der Waals surface area contributed by atoms with Crippen molar-refractivity contribution in [1.82, 2.24) is 29.5 Å². The summed E-state index contributed by atoms with van der Waals surface area (Å²) < 4.78 is 1.82. The normalized spacial score (nSPS) is 13.4. The molecule has 0 amide bonds. The highest BCUT2D eigenvalue weighted by atomic mass is 15.2. The maximum absolute atomic E-state index is 4.47. The Balaban J connectivity index is 1.45. The molecule has 0 aliphatic rings. The fraction of sp³-hybridized carbons (Fsp3) is 0.286. The first-order valence-electron chi connectivity index (χ1n) is 9.39. The van der Waals surface area contributed by atoms with Crippen molar-refractivity contribution < 1.29 is 0 Å². The van der Waals surface area contributed by atoms with E-state index in [9.17, 15) is 0 Å². The minimum absolute atomic E-state index is 0.308. The average molecular weight is 373 g/mol. The number of aryl methyl sites for hydroxylation is 1. The van der Waals surface area contributed by atoms with Gasteiger partial charge in [0, 0.05) is 48.0 Å². The van der Waals surface area contributed by atoms with Gasteiger partial charge in [0.15, 0.2) is 5.65 Å². The molecule has 0 radical (unpaired) electrons. The zero-order valence-electron chi connectivity index (χ0n) is 16.2. The zero-order valence-corrected chi connectivity index (χ0v) is 16.2. The fourth-order valence-corrected chi connectivity index (χ4v) is 3.15. The molecule has 0 fully saturated rings. The zero-order chi connectivity index (χ0) is 19.5. The van der Waals surface area contributed by atoms with Crippen molar-refractivity contribution in [2.24, 2.45) is 5.92 Å². The monoisotopic (exact) mass is 373 g/mol. The summed E-state index contributed by atoms with van der Waals surface area (Å²) >= 11 is 0. The molecule has 0 aromatic carbocycles. The molecule has 0 bridgehead atoms. The summed E-state index contributed by atoms with van der Waals surface area (Å²) in [4.78, 5) is 17.5. The molecule has 4 aromatic heterocycles. The van der Waals surface area contributed by atoms with Crippen molar-refractivity contribution in [3.63, 3.8) is 0 Å². The molecule has 0 spiro atoms. The van der Waals surface area contributed by atoms with Gasteiger partial charge in [0.1, 0.15) is 12.1 Å². The predicted octanol–water partition coefficient (Wildman–Crippen LogP) is 3.74. The van der Waals surface area contributed by atoms with E-state index in [4.69, 9.17) is 0 Å². The van der Waals surface area contributed by atoms with Crippen LogP contribution in [-0.2, 0) is 0 Å². The van der Waals surface area contributed by atoms with Crippen molar-refractivity contribution in [3.8, 4) is 11.3 Å². The fourth-order valence-electron chi connectivity index (χ4n) is 3.15. The number of hydrogen-bond acceptors (Lipinski definition) is 6. The van der Waals surface area contributed by atoms with Crippen LogP contribution in [0.15, 0.2) is 55.4 Å². The van der Waals surface area contributed by atoms with Crippen LogP contribution in [0.2, 0.25) is 0 Å². The van der Waals surface area contributed by atoms with E-state index in [1.165, 1.54) is 0 Å². The van der Waals surface area contributed by atoms with Gasteiger partial charge in [-0.15, -0.1) is 0 Å². The number of aromatic nitrogens is 6. The molecule has 2 atom stereocenters. The molecule has 0 aliphatic carbocycles.